The second-order valence-corrected chi connectivity index (χ2v) is 4.84. The van der Waals surface area contributed by atoms with Gasteiger partial charge >= 0.3 is 12.0 Å². The van der Waals surface area contributed by atoms with Gasteiger partial charge in [-0.15, -0.1) is 0 Å². The van der Waals surface area contributed by atoms with E-state index in [4.69, 9.17) is 9.84 Å². The second-order valence-electron chi connectivity index (χ2n) is 4.84. The van der Waals surface area contributed by atoms with E-state index < -0.39 is 11.9 Å². The number of hydrogen-bond acceptors (Lipinski definition) is 3. The summed E-state index contributed by atoms with van der Waals surface area (Å²) in [6.07, 6.45) is 0. The molecule has 112 valence electrons. The van der Waals surface area contributed by atoms with Crippen LogP contribution in [0.5, 0.6) is 0 Å². The summed E-state index contributed by atoms with van der Waals surface area (Å²) < 4.78 is 5.00. The van der Waals surface area contributed by atoms with Crippen molar-refractivity contribution in [1.29, 1.82) is 0 Å². The van der Waals surface area contributed by atoms with Gasteiger partial charge in [0.05, 0.1) is 12.5 Å². The Morgan fingerprint density at radius 2 is 1.84 bits per heavy atom. The van der Waals surface area contributed by atoms with Gasteiger partial charge in [0, 0.05) is 32.8 Å². The molecular formula is C13H26N2O4. The van der Waals surface area contributed by atoms with E-state index in [9.17, 15) is 9.59 Å². The quantitative estimate of drug-likeness (QED) is 0.728. The topological polar surface area (TPSA) is 70.1 Å². The van der Waals surface area contributed by atoms with E-state index in [2.05, 4.69) is 0 Å². The van der Waals surface area contributed by atoms with Gasteiger partial charge in [-0.25, -0.2) is 4.79 Å². The molecule has 0 rings (SSSR count). The van der Waals surface area contributed by atoms with Crippen LogP contribution in [0.15, 0.2) is 0 Å². The zero-order chi connectivity index (χ0) is 15.0. The molecule has 0 radical (unpaired) electrons. The zero-order valence-corrected chi connectivity index (χ0v) is 12.5. The maximum Gasteiger partial charge on any atom is 0.320 e. The number of carboxylic acids is 1. The lowest BCUT2D eigenvalue weighted by Crippen LogP contribution is -2.49. The molecule has 6 nitrogen and oxygen atoms in total. The lowest BCUT2D eigenvalue weighted by Gasteiger charge is -2.33. The lowest BCUT2D eigenvalue weighted by molar-refractivity contribution is -0.141. The van der Waals surface area contributed by atoms with Crippen molar-refractivity contribution in [2.75, 3.05) is 33.4 Å². The van der Waals surface area contributed by atoms with Crippen molar-refractivity contribution < 1.29 is 19.4 Å². The molecule has 0 aromatic rings. The molecule has 19 heavy (non-hydrogen) atoms. The summed E-state index contributed by atoms with van der Waals surface area (Å²) in [6, 6.07) is -0.0838. The fraction of sp³-hybridized carbons (Fsp3) is 0.846. The highest BCUT2D eigenvalue weighted by molar-refractivity contribution is 5.76. The van der Waals surface area contributed by atoms with Crippen LogP contribution >= 0.6 is 0 Å². The molecule has 0 saturated heterocycles. The van der Waals surface area contributed by atoms with Crippen LogP contribution in [0, 0.1) is 5.92 Å². The van der Waals surface area contributed by atoms with Crippen LogP contribution in [-0.4, -0.2) is 66.3 Å². The molecule has 2 amide bonds. The van der Waals surface area contributed by atoms with Crippen molar-refractivity contribution in [3.63, 3.8) is 0 Å². The number of amides is 2. The Morgan fingerprint density at radius 3 is 2.21 bits per heavy atom. The van der Waals surface area contributed by atoms with E-state index in [1.165, 1.54) is 0 Å². The maximum absolute atomic E-state index is 12.4. The molecule has 0 spiro atoms. The standard InChI is InChI=1S/C13H26N2O4/c1-6-14(9-11(4)12(16)17)13(18)15(10(2)3)7-8-19-5/h10-11H,6-9H2,1-5H3,(H,16,17). The largest absolute Gasteiger partial charge is 0.481 e. The number of methoxy groups -OCH3 is 1. The molecule has 0 aliphatic carbocycles. The van der Waals surface area contributed by atoms with Crippen molar-refractivity contribution in [3.8, 4) is 0 Å². The fourth-order valence-electron chi connectivity index (χ4n) is 1.70. The highest BCUT2D eigenvalue weighted by Crippen LogP contribution is 2.08. The van der Waals surface area contributed by atoms with Crippen LogP contribution in [0.3, 0.4) is 0 Å². The first-order valence-electron chi connectivity index (χ1n) is 6.62. The van der Waals surface area contributed by atoms with Gasteiger partial charge < -0.3 is 19.6 Å². The Hall–Kier alpha value is -1.30. The third-order valence-corrected chi connectivity index (χ3v) is 2.97. The van der Waals surface area contributed by atoms with Gasteiger partial charge in [0.2, 0.25) is 0 Å². The summed E-state index contributed by atoms with van der Waals surface area (Å²) in [7, 11) is 1.59. The number of ether oxygens (including phenoxy) is 1. The smallest absolute Gasteiger partial charge is 0.320 e. The summed E-state index contributed by atoms with van der Waals surface area (Å²) in [5.41, 5.74) is 0. The van der Waals surface area contributed by atoms with Gasteiger partial charge in [0.25, 0.3) is 0 Å². The highest BCUT2D eigenvalue weighted by Gasteiger charge is 2.25. The van der Waals surface area contributed by atoms with E-state index in [1.54, 1.807) is 23.8 Å². The molecule has 0 bridgehead atoms. The number of rotatable bonds is 8. The molecule has 1 unspecified atom stereocenters. The molecule has 0 aromatic carbocycles. The number of urea groups is 1. The Morgan fingerprint density at radius 1 is 1.26 bits per heavy atom. The van der Waals surface area contributed by atoms with Crippen LogP contribution in [0.4, 0.5) is 4.79 Å². The first-order valence-corrected chi connectivity index (χ1v) is 6.62. The molecule has 6 heteroatoms. The van der Waals surface area contributed by atoms with Gasteiger partial charge in [0.15, 0.2) is 0 Å². The summed E-state index contributed by atoms with van der Waals surface area (Å²) in [6.45, 7) is 9.01. The molecule has 0 saturated carbocycles. The van der Waals surface area contributed by atoms with E-state index in [0.717, 1.165) is 0 Å². The minimum atomic E-state index is -0.890. The molecule has 0 aliphatic rings. The van der Waals surface area contributed by atoms with Crippen molar-refractivity contribution >= 4 is 12.0 Å². The molecule has 1 atom stereocenters. The van der Waals surface area contributed by atoms with Crippen molar-refractivity contribution in [2.24, 2.45) is 5.92 Å². The number of carbonyl (C=O) groups excluding carboxylic acids is 1. The Kier molecular flexibility index (Phi) is 8.14. The normalized spacial score (nSPS) is 12.3. The van der Waals surface area contributed by atoms with Crippen molar-refractivity contribution in [3.05, 3.63) is 0 Å². The molecular weight excluding hydrogens is 248 g/mol. The van der Waals surface area contributed by atoms with E-state index in [0.29, 0.717) is 19.7 Å². The Balaban J connectivity index is 4.72. The fourth-order valence-corrected chi connectivity index (χ4v) is 1.70. The van der Waals surface area contributed by atoms with Gasteiger partial charge in [-0.3, -0.25) is 4.79 Å². The van der Waals surface area contributed by atoms with Gasteiger partial charge in [0.1, 0.15) is 0 Å². The van der Waals surface area contributed by atoms with Crippen LogP contribution in [-0.2, 0) is 9.53 Å². The predicted molar refractivity (Wildman–Crippen MR) is 73.2 cm³/mol. The number of nitrogens with zero attached hydrogens (tertiary/aromatic N) is 2. The molecule has 1 N–H and O–H groups in total. The summed E-state index contributed by atoms with van der Waals surface area (Å²) >= 11 is 0. The average molecular weight is 274 g/mol. The number of carbonyl (C=O) groups is 2. The maximum atomic E-state index is 12.4. The SMILES string of the molecule is CCN(CC(C)C(=O)O)C(=O)N(CCOC)C(C)C. The van der Waals surface area contributed by atoms with Crippen LogP contribution in [0.1, 0.15) is 27.7 Å². The predicted octanol–water partition coefficient (Wildman–Crippen LogP) is 1.51. The summed E-state index contributed by atoms with van der Waals surface area (Å²) in [4.78, 5) is 26.5. The minimum absolute atomic E-state index is 0.0526. The van der Waals surface area contributed by atoms with E-state index in [-0.39, 0.29) is 18.6 Å². The van der Waals surface area contributed by atoms with Crippen LogP contribution in [0.2, 0.25) is 0 Å². The van der Waals surface area contributed by atoms with Crippen LogP contribution in [0.25, 0.3) is 0 Å². The Bertz CT molecular complexity index is 294. The van der Waals surface area contributed by atoms with Gasteiger partial charge in [-0.2, -0.15) is 0 Å². The van der Waals surface area contributed by atoms with Crippen LogP contribution < -0.4 is 0 Å². The highest BCUT2D eigenvalue weighted by atomic mass is 16.5. The lowest BCUT2D eigenvalue weighted by atomic mass is 10.2. The number of hydrogen-bond donors (Lipinski definition) is 1. The first kappa shape index (κ1) is 17.7. The molecule has 0 aliphatic heterocycles. The number of aliphatic carboxylic acids is 1. The first-order chi connectivity index (χ1) is 8.84. The molecule has 0 fully saturated rings. The number of carboxylic acid groups (broad SMARTS) is 1. The molecule has 0 aromatic heterocycles. The van der Waals surface area contributed by atoms with Gasteiger partial charge in [-0.1, -0.05) is 6.92 Å². The average Bonchev–Trinajstić information content (AvgIpc) is 2.35. The summed E-state index contributed by atoms with van der Waals surface area (Å²) in [5, 5.41) is 8.93. The minimum Gasteiger partial charge on any atom is -0.481 e. The summed E-state index contributed by atoms with van der Waals surface area (Å²) in [5.74, 6) is -1.46. The zero-order valence-electron chi connectivity index (χ0n) is 12.5. The van der Waals surface area contributed by atoms with Gasteiger partial charge in [-0.05, 0) is 20.8 Å². The monoisotopic (exact) mass is 274 g/mol. The van der Waals surface area contributed by atoms with E-state index >= 15 is 0 Å². The third-order valence-electron chi connectivity index (χ3n) is 2.97. The van der Waals surface area contributed by atoms with Crippen molar-refractivity contribution in [1.82, 2.24) is 9.80 Å². The Labute approximate surface area is 115 Å². The van der Waals surface area contributed by atoms with Crippen molar-refractivity contribution in [2.45, 2.75) is 33.7 Å². The molecule has 0 heterocycles. The third kappa shape index (κ3) is 5.92. The second kappa shape index (κ2) is 8.74. The van der Waals surface area contributed by atoms with E-state index in [1.807, 2.05) is 20.8 Å².